The van der Waals surface area contributed by atoms with Crippen molar-refractivity contribution >= 4 is 34.7 Å². The van der Waals surface area contributed by atoms with Crippen LogP contribution in [0, 0.1) is 0 Å². The van der Waals surface area contributed by atoms with Gasteiger partial charge in [0.05, 0.1) is 6.04 Å². The van der Waals surface area contributed by atoms with Gasteiger partial charge >= 0.3 is 11.9 Å². The number of aromatic amines is 1. The maximum Gasteiger partial charge on any atom is 0.326 e. The average Bonchev–Trinajstić information content (AvgIpc) is 3.18. The van der Waals surface area contributed by atoms with Crippen molar-refractivity contribution in [3.8, 4) is 0 Å². The van der Waals surface area contributed by atoms with Crippen molar-refractivity contribution in [3.05, 3.63) is 36.0 Å². The van der Waals surface area contributed by atoms with Gasteiger partial charge < -0.3 is 37.3 Å². The highest BCUT2D eigenvalue weighted by Crippen LogP contribution is 2.18. The monoisotopic (exact) mass is 461 g/mol. The number of H-pyrrole nitrogens is 1. The molecule has 0 bridgehead atoms. The topological polar surface area (TPSA) is 201 Å². The van der Waals surface area contributed by atoms with E-state index in [2.05, 4.69) is 15.6 Å². The van der Waals surface area contributed by atoms with E-state index in [0.717, 1.165) is 16.5 Å². The predicted molar refractivity (Wildman–Crippen MR) is 121 cm³/mol. The van der Waals surface area contributed by atoms with Crippen LogP contribution in [0.25, 0.3) is 10.9 Å². The zero-order valence-corrected chi connectivity index (χ0v) is 18.3. The van der Waals surface area contributed by atoms with Crippen LogP contribution in [0.1, 0.15) is 37.7 Å². The second-order valence-electron chi connectivity index (χ2n) is 7.85. The first-order chi connectivity index (χ1) is 15.7. The fourth-order valence-electron chi connectivity index (χ4n) is 3.47. The van der Waals surface area contributed by atoms with Gasteiger partial charge in [0.25, 0.3) is 0 Å². The highest BCUT2D eigenvalue weighted by Gasteiger charge is 2.28. The molecule has 11 heteroatoms. The minimum Gasteiger partial charge on any atom is -0.481 e. The number of unbranched alkanes of at least 4 members (excludes halogenated alkanes) is 1. The number of carboxylic acid groups (broad SMARTS) is 2. The summed E-state index contributed by atoms with van der Waals surface area (Å²) >= 11 is 0. The molecule has 0 fully saturated rings. The first-order valence-corrected chi connectivity index (χ1v) is 10.8. The van der Waals surface area contributed by atoms with Crippen molar-refractivity contribution in [2.75, 3.05) is 6.54 Å². The highest BCUT2D eigenvalue weighted by molar-refractivity contribution is 5.92. The highest BCUT2D eigenvalue weighted by atomic mass is 16.4. The SMILES string of the molecule is NCCCC[C@H](NC(=O)[C@H](CCC(=O)O)NC(=O)[C@@H](N)Cc1c[nH]c2ccccc12)C(=O)O. The largest absolute Gasteiger partial charge is 0.481 e. The first-order valence-electron chi connectivity index (χ1n) is 10.8. The number of hydrogen-bond acceptors (Lipinski definition) is 6. The molecule has 11 nitrogen and oxygen atoms in total. The number of rotatable bonds is 14. The van der Waals surface area contributed by atoms with E-state index < -0.39 is 41.9 Å². The van der Waals surface area contributed by atoms with Gasteiger partial charge in [-0.1, -0.05) is 18.2 Å². The summed E-state index contributed by atoms with van der Waals surface area (Å²) in [5, 5.41) is 24.1. The van der Waals surface area contributed by atoms with Crippen molar-refractivity contribution in [1.29, 1.82) is 0 Å². The molecular weight excluding hydrogens is 430 g/mol. The number of hydrogen-bond donors (Lipinski definition) is 7. The lowest BCUT2D eigenvalue weighted by atomic mass is 10.0. The van der Waals surface area contributed by atoms with E-state index in [-0.39, 0.29) is 25.7 Å². The lowest BCUT2D eigenvalue weighted by molar-refractivity contribution is -0.143. The number of aliphatic carboxylic acids is 2. The summed E-state index contributed by atoms with van der Waals surface area (Å²) in [5.41, 5.74) is 13.2. The molecule has 0 spiro atoms. The minimum atomic E-state index is -1.24. The Labute approximate surface area is 190 Å². The van der Waals surface area contributed by atoms with Crippen LogP contribution in [0.3, 0.4) is 0 Å². The smallest absolute Gasteiger partial charge is 0.326 e. The Kier molecular flexibility index (Phi) is 9.83. The Balaban J connectivity index is 2.05. The molecule has 0 aliphatic carbocycles. The van der Waals surface area contributed by atoms with Crippen LogP contribution in [-0.2, 0) is 25.6 Å². The number of amides is 2. The number of nitrogens with two attached hydrogens (primary N) is 2. The molecule has 180 valence electrons. The third-order valence-corrected chi connectivity index (χ3v) is 5.29. The van der Waals surface area contributed by atoms with Gasteiger partial charge in [0.1, 0.15) is 12.1 Å². The van der Waals surface area contributed by atoms with Crippen molar-refractivity contribution in [1.82, 2.24) is 15.6 Å². The molecule has 1 heterocycles. The summed E-state index contributed by atoms with van der Waals surface area (Å²) in [6.45, 7) is 0.395. The van der Waals surface area contributed by atoms with Crippen LogP contribution in [0.4, 0.5) is 0 Å². The van der Waals surface area contributed by atoms with E-state index in [0.29, 0.717) is 19.4 Å². The second-order valence-corrected chi connectivity index (χ2v) is 7.85. The van der Waals surface area contributed by atoms with Gasteiger partial charge in [0, 0.05) is 23.5 Å². The second kappa shape index (κ2) is 12.6. The molecule has 0 unspecified atom stereocenters. The summed E-state index contributed by atoms with van der Waals surface area (Å²) in [4.78, 5) is 51.0. The van der Waals surface area contributed by atoms with E-state index in [1.54, 1.807) is 6.20 Å². The summed E-state index contributed by atoms with van der Waals surface area (Å²) in [7, 11) is 0. The van der Waals surface area contributed by atoms with Crippen LogP contribution in [-0.4, -0.2) is 63.6 Å². The molecule has 2 rings (SSSR count). The van der Waals surface area contributed by atoms with E-state index in [4.69, 9.17) is 16.6 Å². The maximum absolute atomic E-state index is 12.7. The number of carbonyl (C=O) groups excluding carboxylic acids is 2. The van der Waals surface area contributed by atoms with Crippen molar-refractivity contribution in [2.45, 2.75) is 56.7 Å². The summed E-state index contributed by atoms with van der Waals surface area (Å²) < 4.78 is 0. The van der Waals surface area contributed by atoms with Gasteiger partial charge in [-0.05, 0) is 50.3 Å². The zero-order valence-electron chi connectivity index (χ0n) is 18.3. The first kappa shape index (κ1) is 25.8. The molecule has 1 aromatic heterocycles. The summed E-state index contributed by atoms with van der Waals surface area (Å²) in [6.07, 6.45) is 2.61. The minimum absolute atomic E-state index is 0.165. The van der Waals surface area contributed by atoms with Crippen LogP contribution in [0.5, 0.6) is 0 Å². The van der Waals surface area contributed by atoms with E-state index in [9.17, 15) is 24.3 Å². The fourth-order valence-corrected chi connectivity index (χ4v) is 3.47. The summed E-state index contributed by atoms with van der Waals surface area (Å²) in [5.74, 6) is -3.78. The van der Waals surface area contributed by atoms with Gasteiger partial charge in [0.2, 0.25) is 11.8 Å². The van der Waals surface area contributed by atoms with E-state index in [1.165, 1.54) is 0 Å². The molecule has 3 atom stereocenters. The molecule has 0 aliphatic rings. The average molecular weight is 462 g/mol. The quantitative estimate of drug-likeness (QED) is 0.192. The van der Waals surface area contributed by atoms with Crippen molar-refractivity contribution in [2.24, 2.45) is 11.5 Å². The van der Waals surface area contributed by atoms with Crippen LogP contribution in [0.2, 0.25) is 0 Å². The summed E-state index contributed by atoms with van der Waals surface area (Å²) in [6, 6.07) is 4.12. The number of carbonyl (C=O) groups is 4. The number of aromatic nitrogens is 1. The molecule has 2 amide bonds. The van der Waals surface area contributed by atoms with Crippen LogP contribution in [0.15, 0.2) is 30.5 Å². The number of nitrogens with one attached hydrogen (secondary N) is 3. The third-order valence-electron chi connectivity index (χ3n) is 5.29. The standard InChI is InChI=1S/C22H31N5O6/c23-10-4-3-7-18(22(32)33)27-21(31)17(8-9-19(28)29)26-20(30)15(24)11-13-12-25-16-6-2-1-5-14(13)16/h1-2,5-6,12,15,17-18,25H,3-4,7-11,23-24H2,(H,26,30)(H,27,31)(H,28,29)(H,32,33)/t15-,17-,18-/m0/s1. The van der Waals surface area contributed by atoms with Crippen molar-refractivity contribution in [3.63, 3.8) is 0 Å². The molecule has 0 saturated carbocycles. The van der Waals surface area contributed by atoms with Gasteiger partial charge in [-0.15, -0.1) is 0 Å². The molecule has 2 aromatic rings. The normalized spacial score (nSPS) is 13.8. The van der Waals surface area contributed by atoms with Gasteiger partial charge in [-0.25, -0.2) is 4.79 Å². The number of fused-ring (bicyclic) bond motifs is 1. The Bertz CT molecular complexity index is 975. The van der Waals surface area contributed by atoms with Gasteiger partial charge in [-0.2, -0.15) is 0 Å². The Morgan fingerprint density at radius 1 is 0.970 bits per heavy atom. The van der Waals surface area contributed by atoms with E-state index in [1.807, 2.05) is 24.3 Å². The van der Waals surface area contributed by atoms with Crippen molar-refractivity contribution < 1.29 is 29.4 Å². The van der Waals surface area contributed by atoms with Gasteiger partial charge in [-0.3, -0.25) is 14.4 Å². The predicted octanol–water partition coefficient (Wildman–Crippen LogP) is 0.0857. The number of benzene rings is 1. The molecule has 33 heavy (non-hydrogen) atoms. The lowest BCUT2D eigenvalue weighted by Crippen LogP contribution is -2.54. The number of carboxylic acids is 2. The van der Waals surface area contributed by atoms with Gasteiger partial charge in [0.15, 0.2) is 0 Å². The van der Waals surface area contributed by atoms with Crippen LogP contribution < -0.4 is 22.1 Å². The number of para-hydroxylation sites is 1. The fraction of sp³-hybridized carbons (Fsp3) is 0.455. The maximum atomic E-state index is 12.7. The Morgan fingerprint density at radius 2 is 1.67 bits per heavy atom. The van der Waals surface area contributed by atoms with E-state index >= 15 is 0 Å². The molecule has 9 N–H and O–H groups in total. The third kappa shape index (κ3) is 7.88. The molecule has 0 saturated heterocycles. The molecular formula is C22H31N5O6. The lowest BCUT2D eigenvalue weighted by Gasteiger charge is -2.22. The molecule has 1 aromatic carbocycles. The van der Waals surface area contributed by atoms with Crippen LogP contribution >= 0.6 is 0 Å². The Hall–Kier alpha value is -3.44. The Morgan fingerprint density at radius 3 is 2.33 bits per heavy atom. The zero-order chi connectivity index (χ0) is 24.4. The molecule has 0 aliphatic heterocycles. The molecule has 0 radical (unpaired) electrons.